The summed E-state index contributed by atoms with van der Waals surface area (Å²) < 4.78 is 41.4. The summed E-state index contributed by atoms with van der Waals surface area (Å²) in [6.45, 7) is 1.76. The molecular weight excluding hydrogens is 317 g/mol. The van der Waals surface area contributed by atoms with Crippen molar-refractivity contribution < 1.29 is 17.5 Å². The van der Waals surface area contributed by atoms with Crippen LogP contribution in [0, 0.1) is 12.7 Å². The highest BCUT2D eigenvalue weighted by molar-refractivity contribution is 7.89. The summed E-state index contributed by atoms with van der Waals surface area (Å²) in [6, 6.07) is 8.82. The molecule has 112 valence electrons. The van der Waals surface area contributed by atoms with Gasteiger partial charge in [-0.15, -0.1) is 0 Å². The smallest absolute Gasteiger partial charge is 0.238 e. The maximum absolute atomic E-state index is 13.3. The predicted molar refractivity (Wildman–Crippen MR) is 78.3 cm³/mol. The molecule has 0 unspecified atom stereocenters. The number of rotatable bonds is 4. The van der Waals surface area contributed by atoms with Crippen LogP contribution in [-0.2, 0) is 16.6 Å². The largest absolute Gasteiger partial charge is 0.489 e. The van der Waals surface area contributed by atoms with E-state index in [0.717, 1.165) is 0 Å². The number of ether oxygens (including phenoxy) is 1. The molecule has 0 bridgehead atoms. The van der Waals surface area contributed by atoms with Gasteiger partial charge in [-0.05, 0) is 48.4 Å². The summed E-state index contributed by atoms with van der Waals surface area (Å²) in [4.78, 5) is 0.0485. The number of sulfonamides is 1. The van der Waals surface area contributed by atoms with Gasteiger partial charge in [-0.25, -0.2) is 17.9 Å². The van der Waals surface area contributed by atoms with Gasteiger partial charge >= 0.3 is 0 Å². The van der Waals surface area contributed by atoms with Crippen LogP contribution in [0.3, 0.4) is 0 Å². The van der Waals surface area contributed by atoms with E-state index in [1.165, 1.54) is 24.3 Å². The van der Waals surface area contributed by atoms with E-state index in [4.69, 9.17) is 21.5 Å². The highest BCUT2D eigenvalue weighted by Crippen LogP contribution is 2.22. The molecule has 0 aromatic heterocycles. The Hall–Kier alpha value is -1.63. The van der Waals surface area contributed by atoms with Crippen molar-refractivity contribution in [1.82, 2.24) is 0 Å². The average molecular weight is 330 g/mol. The van der Waals surface area contributed by atoms with Crippen LogP contribution in [0.1, 0.15) is 11.1 Å². The SMILES string of the molecule is Cc1cc(OCc2ccc(Cl)c(F)c2)ccc1S(N)(=O)=O. The van der Waals surface area contributed by atoms with Gasteiger partial charge in [0.05, 0.1) is 9.92 Å². The van der Waals surface area contributed by atoms with Gasteiger partial charge in [0.25, 0.3) is 0 Å². The van der Waals surface area contributed by atoms with Gasteiger partial charge in [-0.1, -0.05) is 17.7 Å². The minimum absolute atomic E-state index is 0.0482. The molecule has 0 radical (unpaired) electrons. The monoisotopic (exact) mass is 329 g/mol. The normalized spacial score (nSPS) is 11.4. The van der Waals surface area contributed by atoms with E-state index in [9.17, 15) is 12.8 Å². The minimum Gasteiger partial charge on any atom is -0.489 e. The Morgan fingerprint density at radius 3 is 2.52 bits per heavy atom. The molecule has 2 N–H and O–H groups in total. The third-order valence-corrected chi connectivity index (χ3v) is 4.22. The third kappa shape index (κ3) is 3.93. The molecule has 0 amide bonds. The van der Waals surface area contributed by atoms with Crippen LogP contribution < -0.4 is 9.88 Å². The van der Waals surface area contributed by atoms with Gasteiger partial charge in [0.1, 0.15) is 18.2 Å². The first-order valence-electron chi connectivity index (χ1n) is 5.97. The molecule has 0 spiro atoms. The first-order chi connectivity index (χ1) is 9.77. The molecule has 4 nitrogen and oxygen atoms in total. The van der Waals surface area contributed by atoms with Gasteiger partial charge in [-0.2, -0.15) is 0 Å². The zero-order chi connectivity index (χ0) is 15.6. The molecule has 0 aliphatic rings. The van der Waals surface area contributed by atoms with E-state index in [1.807, 2.05) is 0 Å². The predicted octanol–water partition coefficient (Wildman–Crippen LogP) is 3.01. The second kappa shape index (κ2) is 6.01. The van der Waals surface area contributed by atoms with E-state index in [2.05, 4.69) is 0 Å². The van der Waals surface area contributed by atoms with Crippen LogP contribution in [0.4, 0.5) is 4.39 Å². The molecule has 0 heterocycles. The molecule has 7 heteroatoms. The quantitative estimate of drug-likeness (QED) is 0.937. The highest BCUT2D eigenvalue weighted by atomic mass is 35.5. The fourth-order valence-electron chi connectivity index (χ4n) is 1.83. The molecule has 0 saturated carbocycles. The van der Waals surface area contributed by atoms with E-state index in [0.29, 0.717) is 16.9 Å². The van der Waals surface area contributed by atoms with Crippen molar-refractivity contribution in [1.29, 1.82) is 0 Å². The highest BCUT2D eigenvalue weighted by Gasteiger charge is 2.12. The summed E-state index contributed by atoms with van der Waals surface area (Å²) in [5.74, 6) is -0.0474. The van der Waals surface area contributed by atoms with Crippen molar-refractivity contribution in [2.24, 2.45) is 5.14 Å². The van der Waals surface area contributed by atoms with Crippen LogP contribution in [0.15, 0.2) is 41.3 Å². The number of aryl methyl sites for hydroxylation is 1. The van der Waals surface area contributed by atoms with Gasteiger partial charge in [0, 0.05) is 0 Å². The van der Waals surface area contributed by atoms with Crippen LogP contribution in [0.5, 0.6) is 5.75 Å². The summed E-state index contributed by atoms with van der Waals surface area (Å²) in [6.07, 6.45) is 0. The zero-order valence-electron chi connectivity index (χ0n) is 11.1. The van der Waals surface area contributed by atoms with Crippen LogP contribution in [0.25, 0.3) is 0 Å². The standard InChI is InChI=1S/C14H13ClFNO3S/c1-9-6-11(3-5-14(9)21(17,18)19)20-8-10-2-4-12(15)13(16)7-10/h2-7H,8H2,1H3,(H2,17,18,19). The molecular formula is C14H13ClFNO3S. The fourth-order valence-corrected chi connectivity index (χ4v) is 2.71. The van der Waals surface area contributed by atoms with E-state index in [1.54, 1.807) is 19.1 Å². The van der Waals surface area contributed by atoms with Crippen molar-refractivity contribution in [2.75, 3.05) is 0 Å². The van der Waals surface area contributed by atoms with Crippen molar-refractivity contribution in [2.45, 2.75) is 18.4 Å². The summed E-state index contributed by atoms with van der Waals surface area (Å²) in [7, 11) is -3.75. The first kappa shape index (κ1) is 15.8. The average Bonchev–Trinajstić information content (AvgIpc) is 2.39. The number of nitrogens with two attached hydrogens (primary N) is 1. The van der Waals surface area contributed by atoms with Gasteiger partial charge in [-0.3, -0.25) is 0 Å². The maximum Gasteiger partial charge on any atom is 0.238 e. The lowest BCUT2D eigenvalue weighted by molar-refractivity contribution is 0.305. The Labute approximate surface area is 127 Å². The van der Waals surface area contributed by atoms with Crippen molar-refractivity contribution >= 4 is 21.6 Å². The van der Waals surface area contributed by atoms with Gasteiger partial charge in [0.2, 0.25) is 10.0 Å². The van der Waals surface area contributed by atoms with Crippen molar-refractivity contribution in [3.05, 3.63) is 58.4 Å². The Morgan fingerprint density at radius 1 is 1.24 bits per heavy atom. The molecule has 2 rings (SSSR count). The lowest BCUT2D eigenvalue weighted by atomic mass is 10.2. The van der Waals surface area contributed by atoms with Crippen LogP contribution in [-0.4, -0.2) is 8.42 Å². The molecule has 21 heavy (non-hydrogen) atoms. The molecule has 2 aromatic rings. The Kier molecular flexibility index (Phi) is 4.51. The second-order valence-corrected chi connectivity index (χ2v) is 6.45. The fraction of sp³-hybridized carbons (Fsp3) is 0.143. The molecule has 0 atom stereocenters. The van der Waals surface area contributed by atoms with Crippen molar-refractivity contribution in [3.63, 3.8) is 0 Å². The molecule has 0 aliphatic heterocycles. The lowest BCUT2D eigenvalue weighted by Gasteiger charge is -2.09. The minimum atomic E-state index is -3.75. The lowest BCUT2D eigenvalue weighted by Crippen LogP contribution is -2.13. The number of hydrogen-bond acceptors (Lipinski definition) is 3. The van der Waals surface area contributed by atoms with Crippen molar-refractivity contribution in [3.8, 4) is 5.75 Å². The summed E-state index contributed by atoms with van der Waals surface area (Å²) in [5.41, 5.74) is 1.10. The summed E-state index contributed by atoms with van der Waals surface area (Å²) >= 11 is 5.59. The summed E-state index contributed by atoms with van der Waals surface area (Å²) in [5, 5.41) is 5.13. The molecule has 2 aromatic carbocycles. The van der Waals surface area contributed by atoms with Gasteiger partial charge in [0.15, 0.2) is 0 Å². The molecule has 0 aliphatic carbocycles. The third-order valence-electron chi connectivity index (χ3n) is 2.84. The second-order valence-electron chi connectivity index (χ2n) is 4.51. The zero-order valence-corrected chi connectivity index (χ0v) is 12.7. The number of hydrogen-bond donors (Lipinski definition) is 1. The maximum atomic E-state index is 13.3. The Bertz CT molecular complexity index is 778. The number of halogens is 2. The van der Waals surface area contributed by atoms with Crippen LogP contribution >= 0.6 is 11.6 Å². The van der Waals surface area contributed by atoms with Crippen LogP contribution in [0.2, 0.25) is 5.02 Å². The van der Waals surface area contributed by atoms with Gasteiger partial charge < -0.3 is 4.74 Å². The topological polar surface area (TPSA) is 69.4 Å². The number of benzene rings is 2. The Balaban J connectivity index is 2.14. The molecule has 0 fully saturated rings. The molecule has 0 saturated heterocycles. The van der Waals surface area contributed by atoms with E-state index in [-0.39, 0.29) is 16.5 Å². The Morgan fingerprint density at radius 2 is 1.95 bits per heavy atom. The van der Waals surface area contributed by atoms with E-state index >= 15 is 0 Å². The first-order valence-corrected chi connectivity index (χ1v) is 7.90. The number of primary sulfonamides is 1. The van der Waals surface area contributed by atoms with E-state index < -0.39 is 15.8 Å².